The van der Waals surface area contributed by atoms with Crippen molar-refractivity contribution in [1.29, 1.82) is 0 Å². The van der Waals surface area contributed by atoms with Crippen LogP contribution < -0.4 is 16.2 Å². The van der Waals surface area contributed by atoms with Gasteiger partial charge in [-0.2, -0.15) is 4.98 Å². The van der Waals surface area contributed by atoms with Gasteiger partial charge in [-0.25, -0.2) is 22.2 Å². The van der Waals surface area contributed by atoms with E-state index >= 15 is 0 Å². The maximum atomic E-state index is 14.2. The minimum Gasteiger partial charge on any atom is -0.324 e. The van der Waals surface area contributed by atoms with Crippen molar-refractivity contribution >= 4 is 49.9 Å². The minimum atomic E-state index is -4.62. The fourth-order valence-corrected chi connectivity index (χ4v) is 5.08. The van der Waals surface area contributed by atoms with E-state index in [1.165, 1.54) is 25.4 Å². The van der Waals surface area contributed by atoms with Crippen LogP contribution in [0.1, 0.15) is 10.4 Å². The molecule has 10 nitrogen and oxygen atoms in total. The Kier molecular flexibility index (Phi) is 4.95. The van der Waals surface area contributed by atoms with Crippen LogP contribution in [-0.4, -0.2) is 34.6 Å². The van der Waals surface area contributed by atoms with Crippen LogP contribution in [0.4, 0.5) is 26.1 Å². The molecule has 0 radical (unpaired) electrons. The molecule has 176 valence electrons. The molecule has 1 aliphatic heterocycles. The molecule has 0 saturated heterocycles. The van der Waals surface area contributed by atoms with E-state index in [9.17, 15) is 31.6 Å². The second kappa shape index (κ2) is 7.77. The number of carbonyl (C=O) groups excluding carboxylic acids is 2. The monoisotopic (exact) mass is 497 g/mol. The number of Topliss-reactive ketones (excluding diaryl/α,β-unsaturated/α-hetero) is 1. The van der Waals surface area contributed by atoms with Crippen molar-refractivity contribution in [3.05, 3.63) is 76.2 Å². The highest BCUT2D eigenvalue weighted by molar-refractivity contribution is 7.91. The number of sulfone groups is 1. The van der Waals surface area contributed by atoms with Crippen LogP contribution in [0.5, 0.6) is 0 Å². The first-order valence-electron chi connectivity index (χ1n) is 9.90. The lowest BCUT2D eigenvalue weighted by atomic mass is 10.1. The average Bonchev–Trinajstić information content (AvgIpc) is 3.09. The largest absolute Gasteiger partial charge is 0.324 e. The number of halogens is 2. The van der Waals surface area contributed by atoms with Crippen LogP contribution in [0.2, 0.25) is 0 Å². The highest BCUT2D eigenvalue weighted by Crippen LogP contribution is 2.28. The van der Waals surface area contributed by atoms with Gasteiger partial charge in [-0.05, 0) is 36.4 Å². The van der Waals surface area contributed by atoms with Crippen molar-refractivity contribution in [1.82, 2.24) is 14.5 Å². The molecule has 0 bridgehead atoms. The maximum absolute atomic E-state index is 14.2. The topological polar surface area (TPSA) is 140 Å². The number of nitrogens with zero attached hydrogens (tertiary/aromatic N) is 3. The maximum Gasteiger partial charge on any atom is 0.296 e. The number of benzene rings is 2. The van der Waals surface area contributed by atoms with Gasteiger partial charge in [0.1, 0.15) is 27.1 Å². The summed E-state index contributed by atoms with van der Waals surface area (Å²) in [5.41, 5.74) is 0.0393. The standard InChI is InChI=1S/C22H13F2N5O5S/c1-29-19-10(6-17(21(29)32)35(33,34)16-5-2-11(23)7-14(16)24)9-25-22(28-19)26-12-3-4-15-13(8-12)18(30)20(31)27-15/h2-9H,1H3,(H,25,26,28)(H,27,30,31). The van der Waals surface area contributed by atoms with Crippen LogP contribution in [-0.2, 0) is 21.7 Å². The van der Waals surface area contributed by atoms with E-state index in [1.807, 2.05) is 0 Å². The molecule has 5 rings (SSSR count). The molecule has 4 aromatic rings. The van der Waals surface area contributed by atoms with E-state index in [0.717, 1.165) is 22.8 Å². The van der Waals surface area contributed by atoms with E-state index in [1.54, 1.807) is 6.07 Å². The quantitative estimate of drug-likeness (QED) is 0.323. The Morgan fingerprint density at radius 1 is 1.00 bits per heavy atom. The lowest BCUT2D eigenvalue weighted by molar-refractivity contribution is -0.112. The fraction of sp³-hybridized carbons (Fsp3) is 0.0455. The molecule has 0 unspecified atom stereocenters. The highest BCUT2D eigenvalue weighted by atomic mass is 32.2. The van der Waals surface area contributed by atoms with Crippen molar-refractivity contribution in [2.24, 2.45) is 7.05 Å². The number of nitrogens with one attached hydrogen (secondary N) is 2. The number of ketones is 1. The molecule has 13 heteroatoms. The normalized spacial score (nSPS) is 13.1. The third-order valence-corrected chi connectivity index (χ3v) is 7.14. The van der Waals surface area contributed by atoms with Crippen molar-refractivity contribution in [2.45, 2.75) is 9.79 Å². The Bertz CT molecular complexity index is 1770. The first-order chi connectivity index (χ1) is 16.6. The van der Waals surface area contributed by atoms with Crippen molar-refractivity contribution in [2.75, 3.05) is 10.6 Å². The molecule has 0 spiro atoms. The first kappa shape index (κ1) is 22.3. The Balaban J connectivity index is 1.55. The Hall–Kier alpha value is -4.52. The molecule has 0 fully saturated rings. The van der Waals surface area contributed by atoms with Gasteiger partial charge < -0.3 is 10.6 Å². The predicted octanol–water partition coefficient (Wildman–Crippen LogP) is 2.32. The van der Waals surface area contributed by atoms with Crippen LogP contribution >= 0.6 is 0 Å². The van der Waals surface area contributed by atoms with Crippen LogP contribution in [0.15, 0.2) is 63.2 Å². The number of carbonyl (C=O) groups is 2. The number of pyridine rings is 1. The Morgan fingerprint density at radius 3 is 2.51 bits per heavy atom. The summed E-state index contributed by atoms with van der Waals surface area (Å²) in [6.45, 7) is 0. The summed E-state index contributed by atoms with van der Waals surface area (Å²) >= 11 is 0. The fourth-order valence-electron chi connectivity index (χ4n) is 3.63. The molecule has 35 heavy (non-hydrogen) atoms. The molecule has 1 amide bonds. The van der Waals surface area contributed by atoms with E-state index in [4.69, 9.17) is 0 Å². The molecule has 0 aliphatic carbocycles. The van der Waals surface area contributed by atoms with E-state index in [2.05, 4.69) is 20.6 Å². The predicted molar refractivity (Wildman–Crippen MR) is 119 cm³/mol. The zero-order valence-electron chi connectivity index (χ0n) is 17.7. The van der Waals surface area contributed by atoms with Crippen molar-refractivity contribution in [3.8, 4) is 0 Å². The van der Waals surface area contributed by atoms with E-state index in [-0.39, 0.29) is 22.5 Å². The van der Waals surface area contributed by atoms with Gasteiger partial charge in [0.25, 0.3) is 17.2 Å². The number of aromatic nitrogens is 3. The van der Waals surface area contributed by atoms with Gasteiger partial charge in [-0.3, -0.25) is 19.0 Å². The summed E-state index contributed by atoms with van der Waals surface area (Å²) in [6, 6.07) is 7.51. The summed E-state index contributed by atoms with van der Waals surface area (Å²) in [5.74, 6) is -3.68. The lowest BCUT2D eigenvalue weighted by Crippen LogP contribution is -2.25. The molecule has 0 atom stereocenters. The molecular formula is C22H13F2N5O5S. The third kappa shape index (κ3) is 3.61. The van der Waals surface area contributed by atoms with Crippen LogP contribution in [0, 0.1) is 11.6 Å². The van der Waals surface area contributed by atoms with Gasteiger partial charge in [0.2, 0.25) is 15.8 Å². The Morgan fingerprint density at radius 2 is 1.77 bits per heavy atom. The Labute approximate surface area is 195 Å². The summed E-state index contributed by atoms with van der Waals surface area (Å²) in [6.07, 6.45) is 1.26. The number of hydrogen-bond donors (Lipinski definition) is 2. The zero-order valence-corrected chi connectivity index (χ0v) is 18.5. The van der Waals surface area contributed by atoms with Gasteiger partial charge in [-0.15, -0.1) is 0 Å². The summed E-state index contributed by atoms with van der Waals surface area (Å²) < 4.78 is 54.2. The van der Waals surface area contributed by atoms with Crippen molar-refractivity contribution < 1.29 is 26.8 Å². The summed E-state index contributed by atoms with van der Waals surface area (Å²) in [7, 11) is -3.33. The number of hydrogen-bond acceptors (Lipinski definition) is 8. The molecule has 2 aromatic carbocycles. The summed E-state index contributed by atoms with van der Waals surface area (Å²) in [4.78, 5) is 43.1. The molecule has 2 aromatic heterocycles. The minimum absolute atomic E-state index is 0.0253. The molecule has 0 saturated carbocycles. The molecular weight excluding hydrogens is 484 g/mol. The molecule has 2 N–H and O–H groups in total. The lowest BCUT2D eigenvalue weighted by Gasteiger charge is -2.11. The highest BCUT2D eigenvalue weighted by Gasteiger charge is 2.29. The molecule has 1 aliphatic rings. The number of fused-ring (bicyclic) bond motifs is 2. The smallest absolute Gasteiger partial charge is 0.296 e. The second-order valence-corrected chi connectivity index (χ2v) is 9.48. The number of rotatable bonds is 4. The van der Waals surface area contributed by atoms with Crippen LogP contribution in [0.25, 0.3) is 11.0 Å². The van der Waals surface area contributed by atoms with E-state index in [0.29, 0.717) is 17.4 Å². The number of anilines is 3. The van der Waals surface area contributed by atoms with Gasteiger partial charge in [0.15, 0.2) is 0 Å². The van der Waals surface area contributed by atoms with Gasteiger partial charge >= 0.3 is 0 Å². The van der Waals surface area contributed by atoms with Crippen molar-refractivity contribution in [3.63, 3.8) is 0 Å². The number of amides is 1. The summed E-state index contributed by atoms with van der Waals surface area (Å²) in [5, 5.41) is 5.46. The third-order valence-electron chi connectivity index (χ3n) is 5.36. The average molecular weight is 497 g/mol. The van der Waals surface area contributed by atoms with E-state index < -0.39 is 48.5 Å². The number of aryl methyl sites for hydroxylation is 1. The van der Waals surface area contributed by atoms with Gasteiger partial charge in [-0.1, -0.05) is 0 Å². The first-order valence-corrected chi connectivity index (χ1v) is 11.4. The SMILES string of the molecule is Cn1c(=O)c(S(=O)(=O)c2ccc(F)cc2F)cc2cnc(Nc3ccc4c(c3)C(=O)C(=O)N4)nc21. The zero-order chi connectivity index (χ0) is 25.1. The van der Waals surface area contributed by atoms with Gasteiger partial charge in [0, 0.05) is 30.4 Å². The van der Waals surface area contributed by atoms with Gasteiger partial charge in [0.05, 0.1) is 11.3 Å². The van der Waals surface area contributed by atoms with Crippen LogP contribution in [0.3, 0.4) is 0 Å². The second-order valence-electron chi connectivity index (χ2n) is 7.59. The molecule has 3 heterocycles.